The largest absolute Gasteiger partial charge is 0.368 e. The summed E-state index contributed by atoms with van der Waals surface area (Å²) in [7, 11) is 0. The van der Waals surface area contributed by atoms with Gasteiger partial charge in [0.05, 0.1) is 0 Å². The Bertz CT molecular complexity index is 504. The first-order valence-electron chi connectivity index (χ1n) is 6.98. The quantitative estimate of drug-likeness (QED) is 0.533. The summed E-state index contributed by atoms with van der Waals surface area (Å²) in [5, 5.41) is 0. The van der Waals surface area contributed by atoms with E-state index in [9.17, 15) is 4.79 Å². The third-order valence-corrected chi connectivity index (χ3v) is 3.63. The molecule has 0 radical (unpaired) electrons. The minimum Gasteiger partial charge on any atom is -0.368 e. The average molecular weight is 278 g/mol. The molecule has 1 amide bonds. The second-order valence-electron chi connectivity index (χ2n) is 5.09. The molecule has 1 atom stereocenters. The number of anilines is 2. The first kappa shape index (κ1) is 14.5. The number of aryl methyl sites for hydroxylation is 1. The minimum absolute atomic E-state index is 0.288. The molecule has 1 unspecified atom stereocenters. The van der Waals surface area contributed by atoms with Crippen molar-refractivity contribution < 1.29 is 4.79 Å². The highest BCUT2D eigenvalue weighted by Crippen LogP contribution is 2.29. The van der Waals surface area contributed by atoms with Crippen LogP contribution in [0.2, 0.25) is 0 Å². The number of carbonyl (C=O) groups is 1. The van der Waals surface area contributed by atoms with Crippen LogP contribution in [0.3, 0.4) is 0 Å². The van der Waals surface area contributed by atoms with Crippen LogP contribution in [0.25, 0.3) is 0 Å². The van der Waals surface area contributed by atoms with Crippen molar-refractivity contribution in [2.24, 2.45) is 11.6 Å². The number of primary amides is 1. The average Bonchev–Trinajstić information content (AvgIpc) is 2.90. The Morgan fingerprint density at radius 1 is 1.50 bits per heavy atom. The molecule has 5 N–H and O–H groups in total. The molecular formula is C13H22N6O. The van der Waals surface area contributed by atoms with Crippen LogP contribution < -0.4 is 21.9 Å². The van der Waals surface area contributed by atoms with Crippen LogP contribution in [-0.2, 0) is 11.2 Å². The fourth-order valence-electron chi connectivity index (χ4n) is 2.62. The van der Waals surface area contributed by atoms with Gasteiger partial charge in [-0.2, -0.15) is 0 Å². The molecule has 110 valence electrons. The zero-order chi connectivity index (χ0) is 14.7. The predicted molar refractivity (Wildman–Crippen MR) is 78.1 cm³/mol. The van der Waals surface area contributed by atoms with Gasteiger partial charge in [0.1, 0.15) is 23.5 Å². The van der Waals surface area contributed by atoms with Gasteiger partial charge in [-0.3, -0.25) is 4.79 Å². The van der Waals surface area contributed by atoms with E-state index in [4.69, 9.17) is 11.6 Å². The van der Waals surface area contributed by atoms with E-state index in [1.807, 2.05) is 11.8 Å². The van der Waals surface area contributed by atoms with Crippen LogP contribution in [0, 0.1) is 6.92 Å². The second kappa shape index (κ2) is 6.04. The SMILES string of the molecule is CCCc1nc(NN)c(C)c(N2CCCC2C(N)=O)n1. The van der Waals surface area contributed by atoms with Crippen LogP contribution in [0.15, 0.2) is 0 Å². The number of carbonyl (C=O) groups excluding carboxylic acids is 1. The maximum absolute atomic E-state index is 11.6. The number of rotatable bonds is 5. The summed E-state index contributed by atoms with van der Waals surface area (Å²) in [6.07, 6.45) is 3.43. The number of aromatic nitrogens is 2. The molecule has 0 bridgehead atoms. The number of nitrogens with one attached hydrogen (secondary N) is 1. The molecule has 0 aromatic carbocycles. The molecule has 0 saturated carbocycles. The Morgan fingerprint density at radius 3 is 2.85 bits per heavy atom. The van der Waals surface area contributed by atoms with Crippen molar-refractivity contribution >= 4 is 17.5 Å². The van der Waals surface area contributed by atoms with E-state index < -0.39 is 0 Å². The second-order valence-corrected chi connectivity index (χ2v) is 5.09. The van der Waals surface area contributed by atoms with Gasteiger partial charge in [0, 0.05) is 18.5 Å². The molecule has 1 aliphatic heterocycles. The number of hydrogen-bond acceptors (Lipinski definition) is 6. The molecule has 7 heteroatoms. The third kappa shape index (κ3) is 2.67. The highest BCUT2D eigenvalue weighted by molar-refractivity contribution is 5.84. The molecule has 1 aromatic rings. The van der Waals surface area contributed by atoms with E-state index in [-0.39, 0.29) is 11.9 Å². The summed E-state index contributed by atoms with van der Waals surface area (Å²) in [6, 6.07) is -0.288. The lowest BCUT2D eigenvalue weighted by Crippen LogP contribution is -2.41. The smallest absolute Gasteiger partial charge is 0.240 e. The molecule has 20 heavy (non-hydrogen) atoms. The Hall–Kier alpha value is -1.89. The molecule has 1 aromatic heterocycles. The number of nitrogen functional groups attached to an aromatic ring is 1. The van der Waals surface area contributed by atoms with Crippen molar-refractivity contribution in [2.75, 3.05) is 16.9 Å². The number of hydrazine groups is 1. The molecule has 7 nitrogen and oxygen atoms in total. The molecule has 2 rings (SSSR count). The van der Waals surface area contributed by atoms with Crippen molar-refractivity contribution in [2.45, 2.75) is 45.6 Å². The highest BCUT2D eigenvalue weighted by atomic mass is 16.1. The van der Waals surface area contributed by atoms with Crippen LogP contribution >= 0.6 is 0 Å². The van der Waals surface area contributed by atoms with Gasteiger partial charge in [0.15, 0.2) is 0 Å². The van der Waals surface area contributed by atoms with E-state index in [1.165, 1.54) is 0 Å². The maximum atomic E-state index is 11.6. The van der Waals surface area contributed by atoms with Gasteiger partial charge in [0.2, 0.25) is 5.91 Å². The van der Waals surface area contributed by atoms with Crippen molar-refractivity contribution in [1.82, 2.24) is 9.97 Å². The van der Waals surface area contributed by atoms with Crippen molar-refractivity contribution in [3.63, 3.8) is 0 Å². The van der Waals surface area contributed by atoms with E-state index in [1.54, 1.807) is 0 Å². The Balaban J connectivity index is 2.43. The van der Waals surface area contributed by atoms with Gasteiger partial charge in [0.25, 0.3) is 0 Å². The normalized spacial score (nSPS) is 18.4. The third-order valence-electron chi connectivity index (χ3n) is 3.63. The van der Waals surface area contributed by atoms with Gasteiger partial charge in [-0.05, 0) is 26.2 Å². The molecule has 2 heterocycles. The molecule has 1 saturated heterocycles. The zero-order valence-corrected chi connectivity index (χ0v) is 12.0. The fourth-order valence-corrected chi connectivity index (χ4v) is 2.62. The predicted octanol–water partition coefficient (Wildman–Crippen LogP) is 0.477. The number of nitrogens with two attached hydrogens (primary N) is 2. The molecular weight excluding hydrogens is 256 g/mol. The van der Waals surface area contributed by atoms with E-state index in [0.717, 1.165) is 49.4 Å². The van der Waals surface area contributed by atoms with Crippen molar-refractivity contribution in [3.05, 3.63) is 11.4 Å². The van der Waals surface area contributed by atoms with Gasteiger partial charge < -0.3 is 16.1 Å². The van der Waals surface area contributed by atoms with Crippen molar-refractivity contribution in [1.29, 1.82) is 0 Å². The summed E-state index contributed by atoms with van der Waals surface area (Å²) in [5.41, 5.74) is 8.93. The van der Waals surface area contributed by atoms with Gasteiger partial charge in [-0.25, -0.2) is 15.8 Å². The van der Waals surface area contributed by atoms with Crippen LogP contribution in [0.5, 0.6) is 0 Å². The zero-order valence-electron chi connectivity index (χ0n) is 12.0. The molecule has 1 aliphatic rings. The fraction of sp³-hybridized carbons (Fsp3) is 0.615. The number of amides is 1. The monoisotopic (exact) mass is 278 g/mol. The van der Waals surface area contributed by atoms with Crippen LogP contribution in [0.4, 0.5) is 11.6 Å². The standard InChI is InChI=1S/C13H22N6O/c1-3-5-10-16-12(18-15)8(2)13(17-10)19-7-4-6-9(19)11(14)20/h9H,3-7,15H2,1-2H3,(H2,14,20)(H,16,17,18). The van der Waals surface area contributed by atoms with Crippen molar-refractivity contribution in [3.8, 4) is 0 Å². The van der Waals surface area contributed by atoms with Gasteiger partial charge >= 0.3 is 0 Å². The van der Waals surface area contributed by atoms with Crippen LogP contribution in [0.1, 0.15) is 37.6 Å². The number of nitrogens with zero attached hydrogens (tertiary/aromatic N) is 3. The van der Waals surface area contributed by atoms with E-state index in [2.05, 4.69) is 22.3 Å². The van der Waals surface area contributed by atoms with Crippen LogP contribution in [-0.4, -0.2) is 28.5 Å². The summed E-state index contributed by atoms with van der Waals surface area (Å²) >= 11 is 0. The lowest BCUT2D eigenvalue weighted by molar-refractivity contribution is -0.119. The summed E-state index contributed by atoms with van der Waals surface area (Å²) < 4.78 is 0. The Morgan fingerprint density at radius 2 is 2.25 bits per heavy atom. The summed E-state index contributed by atoms with van der Waals surface area (Å²) in [4.78, 5) is 22.5. The first-order chi connectivity index (χ1) is 9.58. The molecule has 0 spiro atoms. The van der Waals surface area contributed by atoms with E-state index >= 15 is 0 Å². The van der Waals surface area contributed by atoms with E-state index in [0.29, 0.717) is 5.82 Å². The first-order valence-corrected chi connectivity index (χ1v) is 6.98. The minimum atomic E-state index is -0.306. The van der Waals surface area contributed by atoms with Gasteiger partial charge in [-0.1, -0.05) is 6.92 Å². The summed E-state index contributed by atoms with van der Waals surface area (Å²) in [5.74, 6) is 7.32. The number of hydrogen-bond donors (Lipinski definition) is 3. The molecule has 1 fully saturated rings. The molecule has 0 aliphatic carbocycles. The lowest BCUT2D eigenvalue weighted by atomic mass is 10.2. The highest BCUT2D eigenvalue weighted by Gasteiger charge is 2.31. The topological polar surface area (TPSA) is 110 Å². The lowest BCUT2D eigenvalue weighted by Gasteiger charge is -2.26. The summed E-state index contributed by atoms with van der Waals surface area (Å²) in [6.45, 7) is 4.75. The Labute approximate surface area is 118 Å². The maximum Gasteiger partial charge on any atom is 0.240 e. The van der Waals surface area contributed by atoms with Gasteiger partial charge in [-0.15, -0.1) is 0 Å². The Kier molecular flexibility index (Phi) is 4.39.